The molecular weight excluding hydrogens is 374 g/mol. The van der Waals surface area contributed by atoms with E-state index in [0.29, 0.717) is 29.5 Å². The zero-order valence-electron chi connectivity index (χ0n) is 15.0. The van der Waals surface area contributed by atoms with E-state index < -0.39 is 10.0 Å². The molecule has 0 aliphatic carbocycles. The van der Waals surface area contributed by atoms with Gasteiger partial charge >= 0.3 is 0 Å². The van der Waals surface area contributed by atoms with Gasteiger partial charge in [0.05, 0.1) is 0 Å². The molecule has 1 aromatic heterocycles. The summed E-state index contributed by atoms with van der Waals surface area (Å²) in [5, 5.41) is 3.33. The second kappa shape index (κ2) is 7.06. The third-order valence-electron chi connectivity index (χ3n) is 4.83. The maximum Gasteiger partial charge on any atom is 0.272 e. The van der Waals surface area contributed by atoms with Crippen LogP contribution in [0.1, 0.15) is 34.6 Å². The number of benzene rings is 1. The van der Waals surface area contributed by atoms with Gasteiger partial charge < -0.3 is 9.88 Å². The van der Waals surface area contributed by atoms with E-state index in [0.717, 1.165) is 18.4 Å². The van der Waals surface area contributed by atoms with Gasteiger partial charge in [-0.05, 0) is 50.5 Å². The standard InChI is InChI=1S/C18H22ClN3O3S/c1-12-6-7-14(10-15(12)19)20-18(23)16-11-17(13(2)21(16)3)26(24,25)22-8-4-5-9-22/h6-7,10-11H,4-5,8-9H2,1-3H3,(H,20,23). The number of hydrogen-bond acceptors (Lipinski definition) is 3. The number of nitrogens with one attached hydrogen (secondary N) is 1. The molecule has 2 heterocycles. The molecule has 1 aliphatic heterocycles. The van der Waals surface area contributed by atoms with Crippen molar-refractivity contribution in [3.8, 4) is 0 Å². The van der Waals surface area contributed by atoms with Crippen molar-refractivity contribution in [3.63, 3.8) is 0 Å². The zero-order chi connectivity index (χ0) is 19.1. The molecule has 1 saturated heterocycles. The van der Waals surface area contributed by atoms with Crippen LogP contribution in [0.5, 0.6) is 0 Å². The Morgan fingerprint density at radius 2 is 1.81 bits per heavy atom. The van der Waals surface area contributed by atoms with Gasteiger partial charge in [0.1, 0.15) is 10.6 Å². The number of anilines is 1. The highest BCUT2D eigenvalue weighted by Crippen LogP contribution is 2.27. The molecular formula is C18H22ClN3O3S. The lowest BCUT2D eigenvalue weighted by molar-refractivity contribution is 0.101. The van der Waals surface area contributed by atoms with E-state index >= 15 is 0 Å². The monoisotopic (exact) mass is 395 g/mol. The van der Waals surface area contributed by atoms with Gasteiger partial charge in [-0.3, -0.25) is 4.79 Å². The maximum absolute atomic E-state index is 12.8. The van der Waals surface area contributed by atoms with Crippen molar-refractivity contribution in [1.82, 2.24) is 8.87 Å². The van der Waals surface area contributed by atoms with Gasteiger partial charge in [-0.15, -0.1) is 0 Å². The Hall–Kier alpha value is -1.83. The molecule has 1 aromatic carbocycles. The van der Waals surface area contributed by atoms with Crippen LogP contribution in [0.4, 0.5) is 5.69 Å². The van der Waals surface area contributed by atoms with E-state index in [9.17, 15) is 13.2 Å². The van der Waals surface area contributed by atoms with Crippen LogP contribution in [-0.2, 0) is 17.1 Å². The van der Waals surface area contributed by atoms with Gasteiger partial charge in [-0.25, -0.2) is 8.42 Å². The summed E-state index contributed by atoms with van der Waals surface area (Å²) in [5.41, 5.74) is 2.31. The minimum Gasteiger partial charge on any atom is -0.343 e. The molecule has 8 heteroatoms. The summed E-state index contributed by atoms with van der Waals surface area (Å²) < 4.78 is 28.8. The molecule has 1 N–H and O–H groups in total. The van der Waals surface area contributed by atoms with Crippen LogP contribution >= 0.6 is 11.6 Å². The Balaban J connectivity index is 1.91. The van der Waals surface area contributed by atoms with Gasteiger partial charge in [0.25, 0.3) is 5.91 Å². The Morgan fingerprint density at radius 3 is 2.42 bits per heavy atom. The minimum atomic E-state index is -3.58. The Morgan fingerprint density at radius 1 is 1.15 bits per heavy atom. The number of amides is 1. The number of carbonyl (C=O) groups excluding carboxylic acids is 1. The summed E-state index contributed by atoms with van der Waals surface area (Å²) in [7, 11) is -1.89. The number of aromatic nitrogens is 1. The average molecular weight is 396 g/mol. The lowest BCUT2D eigenvalue weighted by Gasteiger charge is -2.15. The third-order valence-corrected chi connectivity index (χ3v) is 7.26. The summed E-state index contributed by atoms with van der Waals surface area (Å²) in [6.45, 7) is 4.65. The van der Waals surface area contributed by atoms with Crippen LogP contribution in [0.3, 0.4) is 0 Å². The SMILES string of the molecule is Cc1ccc(NC(=O)c2cc(S(=O)(=O)N3CCCC3)c(C)n2C)cc1Cl. The number of hydrogen-bond donors (Lipinski definition) is 1. The number of nitrogens with zero attached hydrogens (tertiary/aromatic N) is 2. The Labute approximate surface area is 158 Å². The van der Waals surface area contributed by atoms with E-state index in [1.54, 1.807) is 30.7 Å². The topological polar surface area (TPSA) is 71.4 Å². The van der Waals surface area contributed by atoms with Crippen LogP contribution in [0.15, 0.2) is 29.2 Å². The van der Waals surface area contributed by atoms with Gasteiger partial charge in [-0.1, -0.05) is 17.7 Å². The minimum absolute atomic E-state index is 0.189. The molecule has 1 fully saturated rings. The lowest BCUT2D eigenvalue weighted by atomic mass is 10.2. The summed E-state index contributed by atoms with van der Waals surface area (Å²) in [6.07, 6.45) is 1.74. The molecule has 0 bridgehead atoms. The van der Waals surface area contributed by atoms with Crippen molar-refractivity contribution >= 4 is 33.2 Å². The molecule has 1 aliphatic rings. The van der Waals surface area contributed by atoms with Crippen molar-refractivity contribution < 1.29 is 13.2 Å². The molecule has 140 valence electrons. The van der Waals surface area contributed by atoms with Crippen LogP contribution < -0.4 is 5.32 Å². The quantitative estimate of drug-likeness (QED) is 0.863. The molecule has 3 rings (SSSR count). The molecule has 0 saturated carbocycles. The largest absolute Gasteiger partial charge is 0.343 e. The average Bonchev–Trinajstić information content (AvgIpc) is 3.21. The molecule has 0 spiro atoms. The smallest absolute Gasteiger partial charge is 0.272 e. The lowest BCUT2D eigenvalue weighted by Crippen LogP contribution is -2.28. The van der Waals surface area contributed by atoms with Crippen molar-refractivity contribution in [2.24, 2.45) is 7.05 Å². The molecule has 1 amide bonds. The van der Waals surface area contributed by atoms with E-state index in [4.69, 9.17) is 11.6 Å². The van der Waals surface area contributed by atoms with E-state index in [1.165, 1.54) is 10.4 Å². The molecule has 0 atom stereocenters. The molecule has 2 aromatic rings. The third kappa shape index (κ3) is 3.39. The molecule has 26 heavy (non-hydrogen) atoms. The van der Waals surface area contributed by atoms with E-state index in [1.807, 2.05) is 13.0 Å². The highest BCUT2D eigenvalue weighted by atomic mass is 35.5. The summed E-state index contributed by atoms with van der Waals surface area (Å²) in [6, 6.07) is 6.70. The summed E-state index contributed by atoms with van der Waals surface area (Å²) in [4.78, 5) is 12.9. The van der Waals surface area contributed by atoms with Gasteiger partial charge in [0, 0.05) is 36.5 Å². The van der Waals surface area contributed by atoms with Crippen molar-refractivity contribution in [2.45, 2.75) is 31.6 Å². The maximum atomic E-state index is 12.8. The normalized spacial score (nSPS) is 15.4. The highest BCUT2D eigenvalue weighted by Gasteiger charge is 2.31. The number of rotatable bonds is 4. The second-order valence-corrected chi connectivity index (χ2v) is 8.88. The fraction of sp³-hybridized carbons (Fsp3) is 0.389. The first-order valence-electron chi connectivity index (χ1n) is 8.46. The van der Waals surface area contributed by atoms with Gasteiger partial charge in [0.2, 0.25) is 10.0 Å². The zero-order valence-corrected chi connectivity index (χ0v) is 16.6. The van der Waals surface area contributed by atoms with Crippen LogP contribution in [0, 0.1) is 13.8 Å². The predicted molar refractivity (Wildman–Crippen MR) is 102 cm³/mol. The molecule has 0 unspecified atom stereocenters. The number of aryl methyl sites for hydroxylation is 1. The number of sulfonamides is 1. The predicted octanol–water partition coefficient (Wildman–Crippen LogP) is 3.33. The fourth-order valence-electron chi connectivity index (χ4n) is 3.08. The van der Waals surface area contributed by atoms with Crippen LogP contribution in [-0.4, -0.2) is 36.3 Å². The van der Waals surface area contributed by atoms with E-state index in [-0.39, 0.29) is 16.5 Å². The van der Waals surface area contributed by atoms with Crippen molar-refractivity contribution in [3.05, 3.63) is 46.2 Å². The first kappa shape index (κ1) is 18.9. The molecule has 0 radical (unpaired) electrons. The Kier molecular flexibility index (Phi) is 5.14. The summed E-state index contributed by atoms with van der Waals surface area (Å²) >= 11 is 6.10. The number of halogens is 1. The van der Waals surface area contributed by atoms with Crippen molar-refractivity contribution in [1.29, 1.82) is 0 Å². The van der Waals surface area contributed by atoms with Gasteiger partial charge in [0.15, 0.2) is 0 Å². The number of carbonyl (C=O) groups is 1. The van der Waals surface area contributed by atoms with E-state index in [2.05, 4.69) is 5.32 Å². The first-order valence-corrected chi connectivity index (χ1v) is 10.3. The second-order valence-electron chi connectivity index (χ2n) is 6.57. The van der Waals surface area contributed by atoms with Crippen LogP contribution in [0.2, 0.25) is 5.02 Å². The van der Waals surface area contributed by atoms with Gasteiger partial charge in [-0.2, -0.15) is 4.31 Å². The Bertz CT molecular complexity index is 960. The first-order chi connectivity index (χ1) is 12.2. The van der Waals surface area contributed by atoms with Crippen LogP contribution in [0.25, 0.3) is 0 Å². The fourth-order valence-corrected chi connectivity index (χ4v) is 5.05. The highest BCUT2D eigenvalue weighted by molar-refractivity contribution is 7.89. The molecule has 6 nitrogen and oxygen atoms in total. The summed E-state index contributed by atoms with van der Waals surface area (Å²) in [5.74, 6) is -0.376. The van der Waals surface area contributed by atoms with Crippen molar-refractivity contribution in [2.75, 3.05) is 18.4 Å².